The molecule has 0 aliphatic carbocycles. The van der Waals surface area contributed by atoms with Crippen molar-refractivity contribution in [2.45, 2.75) is 0 Å². The highest BCUT2D eigenvalue weighted by atomic mass is 35.5. The van der Waals surface area contributed by atoms with Crippen LogP contribution in [0.3, 0.4) is 0 Å². The smallest absolute Gasteiger partial charge is 0.258 e. The summed E-state index contributed by atoms with van der Waals surface area (Å²) in [5.74, 6) is 0. The standard InChI is InChI=1S/C17H6Cl6N2O2/c18-7-1-10(20)16(11(21)2-7)9-5-14(24-6-15(9)25(26)27)17-12(22)3-8(19)4-13(17)23/h1-6H. The van der Waals surface area contributed by atoms with Gasteiger partial charge in [0.05, 0.1) is 36.3 Å². The van der Waals surface area contributed by atoms with Crippen molar-refractivity contribution in [1.82, 2.24) is 4.98 Å². The summed E-state index contributed by atoms with van der Waals surface area (Å²) >= 11 is 36.8. The number of nitrogens with zero attached hydrogens (tertiary/aromatic N) is 2. The molecule has 0 saturated carbocycles. The molecule has 4 nitrogen and oxygen atoms in total. The highest BCUT2D eigenvalue weighted by molar-refractivity contribution is 6.43. The molecule has 0 radical (unpaired) electrons. The Morgan fingerprint density at radius 1 is 0.741 bits per heavy atom. The van der Waals surface area contributed by atoms with Gasteiger partial charge in [0, 0.05) is 21.2 Å². The highest BCUT2D eigenvalue weighted by Gasteiger charge is 2.23. The Kier molecular flexibility index (Phi) is 6.06. The van der Waals surface area contributed by atoms with E-state index in [1.807, 2.05) is 0 Å². The van der Waals surface area contributed by atoms with E-state index in [0.717, 1.165) is 6.20 Å². The van der Waals surface area contributed by atoms with Crippen LogP contribution in [-0.4, -0.2) is 9.91 Å². The molecule has 3 rings (SSSR count). The molecule has 0 fully saturated rings. The zero-order chi connectivity index (χ0) is 19.9. The molecule has 0 saturated heterocycles. The second-order valence-corrected chi connectivity index (χ2v) is 7.83. The van der Waals surface area contributed by atoms with Crippen LogP contribution in [0.15, 0.2) is 36.5 Å². The van der Waals surface area contributed by atoms with E-state index in [4.69, 9.17) is 69.6 Å². The SMILES string of the molecule is O=[N+]([O-])c1cnc(-c2c(Cl)cc(Cl)cc2Cl)cc1-c1c(Cl)cc(Cl)cc1Cl. The number of halogens is 6. The predicted molar refractivity (Wildman–Crippen MR) is 112 cm³/mol. The molecule has 1 aromatic heterocycles. The predicted octanol–water partition coefficient (Wildman–Crippen LogP) is 8.24. The summed E-state index contributed by atoms with van der Waals surface area (Å²) in [6, 6.07) is 7.32. The summed E-state index contributed by atoms with van der Waals surface area (Å²) in [6.07, 6.45) is 1.09. The lowest BCUT2D eigenvalue weighted by Gasteiger charge is -2.12. The molecule has 0 unspecified atom stereocenters. The van der Waals surface area contributed by atoms with Crippen LogP contribution in [0, 0.1) is 10.1 Å². The maximum Gasteiger partial charge on any atom is 0.295 e. The Morgan fingerprint density at radius 3 is 1.63 bits per heavy atom. The first-order chi connectivity index (χ1) is 12.7. The van der Waals surface area contributed by atoms with Crippen LogP contribution < -0.4 is 0 Å². The van der Waals surface area contributed by atoms with Crippen LogP contribution in [0.4, 0.5) is 5.69 Å². The lowest BCUT2D eigenvalue weighted by molar-refractivity contribution is -0.384. The summed E-state index contributed by atoms with van der Waals surface area (Å²) in [5, 5.41) is 12.9. The van der Waals surface area contributed by atoms with E-state index in [2.05, 4.69) is 4.98 Å². The van der Waals surface area contributed by atoms with Crippen molar-refractivity contribution in [2.24, 2.45) is 0 Å². The Hall–Kier alpha value is -1.27. The third kappa shape index (κ3) is 4.11. The Labute approximate surface area is 183 Å². The van der Waals surface area contributed by atoms with Crippen molar-refractivity contribution in [2.75, 3.05) is 0 Å². The van der Waals surface area contributed by atoms with Gasteiger partial charge in [0.25, 0.3) is 5.69 Å². The van der Waals surface area contributed by atoms with Crippen molar-refractivity contribution >= 4 is 75.3 Å². The fourth-order valence-electron chi connectivity index (χ4n) is 2.52. The van der Waals surface area contributed by atoms with Crippen LogP contribution in [-0.2, 0) is 0 Å². The lowest BCUT2D eigenvalue weighted by atomic mass is 10.0. The van der Waals surface area contributed by atoms with Gasteiger partial charge in [-0.25, -0.2) is 4.98 Å². The number of hydrogen-bond acceptors (Lipinski definition) is 3. The molecule has 0 bridgehead atoms. The molecule has 27 heavy (non-hydrogen) atoms. The van der Waals surface area contributed by atoms with E-state index >= 15 is 0 Å². The van der Waals surface area contributed by atoms with E-state index in [1.165, 1.54) is 30.3 Å². The minimum Gasteiger partial charge on any atom is -0.258 e. The molecule has 10 heteroatoms. The monoisotopic (exact) mass is 480 g/mol. The first-order valence-corrected chi connectivity index (χ1v) is 9.40. The van der Waals surface area contributed by atoms with E-state index in [9.17, 15) is 10.1 Å². The van der Waals surface area contributed by atoms with Gasteiger partial charge in [-0.05, 0) is 30.3 Å². The van der Waals surface area contributed by atoms with E-state index in [-0.39, 0.29) is 36.9 Å². The molecule has 0 N–H and O–H groups in total. The van der Waals surface area contributed by atoms with E-state index in [1.54, 1.807) is 0 Å². The summed E-state index contributed by atoms with van der Waals surface area (Å²) in [5.41, 5.74) is 0.786. The summed E-state index contributed by atoms with van der Waals surface area (Å²) < 4.78 is 0. The van der Waals surface area contributed by atoms with Gasteiger partial charge in [0.15, 0.2) is 0 Å². The van der Waals surface area contributed by atoms with Crippen molar-refractivity contribution < 1.29 is 4.92 Å². The van der Waals surface area contributed by atoms with Gasteiger partial charge in [0.1, 0.15) is 6.20 Å². The molecular weight excluding hydrogens is 477 g/mol. The molecule has 0 spiro atoms. The molecule has 0 atom stereocenters. The first-order valence-electron chi connectivity index (χ1n) is 7.13. The van der Waals surface area contributed by atoms with Crippen LogP contribution in [0.2, 0.25) is 30.1 Å². The summed E-state index contributed by atoms with van der Waals surface area (Å²) in [4.78, 5) is 15.0. The number of rotatable bonds is 3. The fraction of sp³-hybridized carbons (Fsp3) is 0. The first kappa shape index (κ1) is 20.5. The van der Waals surface area contributed by atoms with E-state index < -0.39 is 4.92 Å². The Bertz CT molecular complexity index is 1040. The minimum atomic E-state index is -0.585. The molecular formula is C17H6Cl6N2O2. The van der Waals surface area contributed by atoms with Gasteiger partial charge in [0.2, 0.25) is 0 Å². The maximum atomic E-state index is 11.5. The van der Waals surface area contributed by atoms with Crippen LogP contribution in [0.1, 0.15) is 0 Å². The van der Waals surface area contributed by atoms with Crippen molar-refractivity contribution in [3.63, 3.8) is 0 Å². The zero-order valence-electron chi connectivity index (χ0n) is 12.9. The molecule has 3 aromatic rings. The Morgan fingerprint density at radius 2 is 1.19 bits per heavy atom. The van der Waals surface area contributed by atoms with Gasteiger partial charge in [-0.2, -0.15) is 0 Å². The average molecular weight is 483 g/mol. The van der Waals surface area contributed by atoms with Crippen LogP contribution in [0.25, 0.3) is 22.4 Å². The number of aromatic nitrogens is 1. The maximum absolute atomic E-state index is 11.5. The Balaban J connectivity index is 2.33. The second-order valence-electron chi connectivity index (χ2n) is 5.33. The third-order valence-electron chi connectivity index (χ3n) is 3.62. The number of pyridine rings is 1. The lowest BCUT2D eigenvalue weighted by Crippen LogP contribution is -1.97. The largest absolute Gasteiger partial charge is 0.295 e. The van der Waals surface area contributed by atoms with Crippen molar-refractivity contribution in [1.29, 1.82) is 0 Å². The normalized spacial score (nSPS) is 10.9. The highest BCUT2D eigenvalue weighted by Crippen LogP contribution is 2.44. The third-order valence-corrected chi connectivity index (χ3v) is 5.25. The summed E-state index contributed by atoms with van der Waals surface area (Å²) in [6.45, 7) is 0. The molecule has 0 aliphatic heterocycles. The quantitative estimate of drug-likeness (QED) is 0.279. The van der Waals surface area contributed by atoms with Crippen molar-refractivity contribution in [3.05, 3.63) is 76.8 Å². The minimum absolute atomic E-state index is 0.152. The number of benzene rings is 2. The number of hydrogen-bond donors (Lipinski definition) is 0. The van der Waals surface area contributed by atoms with Crippen LogP contribution in [0.5, 0.6) is 0 Å². The summed E-state index contributed by atoms with van der Waals surface area (Å²) in [7, 11) is 0. The molecule has 0 aliphatic rings. The van der Waals surface area contributed by atoms with Gasteiger partial charge >= 0.3 is 0 Å². The van der Waals surface area contributed by atoms with Gasteiger partial charge in [-0.3, -0.25) is 10.1 Å². The van der Waals surface area contributed by atoms with Crippen LogP contribution >= 0.6 is 69.6 Å². The van der Waals surface area contributed by atoms with Crippen molar-refractivity contribution in [3.8, 4) is 22.4 Å². The molecule has 1 heterocycles. The topological polar surface area (TPSA) is 56.0 Å². The van der Waals surface area contributed by atoms with E-state index in [0.29, 0.717) is 21.3 Å². The number of nitro groups is 1. The second kappa shape index (κ2) is 8.00. The molecule has 138 valence electrons. The van der Waals surface area contributed by atoms with Gasteiger partial charge in [-0.1, -0.05) is 69.6 Å². The average Bonchev–Trinajstić information content (AvgIpc) is 2.52. The molecule has 2 aromatic carbocycles. The fourth-order valence-corrected chi connectivity index (χ4v) is 4.55. The van der Waals surface area contributed by atoms with Gasteiger partial charge < -0.3 is 0 Å². The zero-order valence-corrected chi connectivity index (χ0v) is 17.5. The molecule has 0 amide bonds. The van der Waals surface area contributed by atoms with Gasteiger partial charge in [-0.15, -0.1) is 0 Å².